The third-order valence-electron chi connectivity index (χ3n) is 7.15. The number of ether oxygens (including phenoxy) is 1. The first-order chi connectivity index (χ1) is 17.8. The van der Waals surface area contributed by atoms with Crippen molar-refractivity contribution in [2.75, 3.05) is 0 Å². The maximum Gasteiger partial charge on any atom is 0.257 e. The van der Waals surface area contributed by atoms with Crippen molar-refractivity contribution in [1.29, 1.82) is 5.26 Å². The number of rotatable bonds is 8. The summed E-state index contributed by atoms with van der Waals surface area (Å²) < 4.78 is 7.52. The number of hydrogen-bond acceptors (Lipinski definition) is 5. The van der Waals surface area contributed by atoms with Crippen molar-refractivity contribution in [2.45, 2.75) is 90.6 Å². The SMILES string of the molecule is CCCc1nc(CC)n(CC2(O)C[C@H](C)O[C@@H](C)C2)c(=O)c1Cc1ccc(-c2ccccc2)c(C#N)c1. The molecule has 0 radical (unpaired) electrons. The lowest BCUT2D eigenvalue weighted by Crippen LogP contribution is -2.48. The van der Waals surface area contributed by atoms with E-state index < -0.39 is 5.60 Å². The standard InChI is InChI=1S/C31H37N3O3/c1-5-10-28-27(16-23-13-14-26(25(15-23)19-32)24-11-8-7-9-12-24)30(35)34(29(6-2)33-28)20-31(36)17-21(3)37-22(4)18-31/h7-9,11-15,21-22,36H,5-6,10,16-18,20H2,1-4H3/t21-,22-/m0/s1. The van der Waals surface area contributed by atoms with Crippen molar-refractivity contribution in [3.63, 3.8) is 0 Å². The second kappa shape index (κ2) is 11.4. The summed E-state index contributed by atoms with van der Waals surface area (Å²) >= 11 is 0. The number of hydrogen-bond donors (Lipinski definition) is 1. The molecule has 1 aromatic heterocycles. The molecule has 3 aromatic rings. The molecule has 1 saturated heterocycles. The molecule has 1 N–H and O–H groups in total. The summed E-state index contributed by atoms with van der Waals surface area (Å²) in [5.41, 5.74) is 3.68. The minimum absolute atomic E-state index is 0.0751. The van der Waals surface area contributed by atoms with E-state index in [1.165, 1.54) is 0 Å². The van der Waals surface area contributed by atoms with Crippen LogP contribution in [-0.2, 0) is 30.5 Å². The summed E-state index contributed by atoms with van der Waals surface area (Å²) in [5, 5.41) is 21.3. The van der Waals surface area contributed by atoms with Crippen LogP contribution in [0.5, 0.6) is 0 Å². The van der Waals surface area contributed by atoms with Crippen LogP contribution in [-0.4, -0.2) is 32.5 Å². The average molecular weight is 500 g/mol. The normalized spacial score (nSPS) is 21.5. The van der Waals surface area contributed by atoms with Crippen molar-refractivity contribution in [3.8, 4) is 17.2 Å². The number of nitriles is 1. The first-order valence-corrected chi connectivity index (χ1v) is 13.3. The molecular formula is C31H37N3O3. The summed E-state index contributed by atoms with van der Waals surface area (Å²) in [6, 6.07) is 18.0. The molecule has 0 amide bonds. The Morgan fingerprint density at radius 2 is 1.84 bits per heavy atom. The predicted octanol–water partition coefficient (Wildman–Crippen LogP) is 5.21. The Labute approximate surface area is 219 Å². The number of aliphatic hydroxyl groups is 1. The van der Waals surface area contributed by atoms with Crippen LogP contribution in [0.2, 0.25) is 0 Å². The van der Waals surface area contributed by atoms with E-state index >= 15 is 0 Å². The highest BCUT2D eigenvalue weighted by atomic mass is 16.5. The van der Waals surface area contributed by atoms with Crippen molar-refractivity contribution in [1.82, 2.24) is 9.55 Å². The topological polar surface area (TPSA) is 88.1 Å². The summed E-state index contributed by atoms with van der Waals surface area (Å²) in [5.74, 6) is 0.703. The van der Waals surface area contributed by atoms with Gasteiger partial charge in [-0.15, -0.1) is 0 Å². The number of benzene rings is 2. The molecule has 1 aliphatic heterocycles. The highest BCUT2D eigenvalue weighted by Crippen LogP contribution is 2.31. The van der Waals surface area contributed by atoms with Crippen molar-refractivity contribution >= 4 is 0 Å². The zero-order valence-corrected chi connectivity index (χ0v) is 22.3. The van der Waals surface area contributed by atoms with Crippen LogP contribution < -0.4 is 5.56 Å². The van der Waals surface area contributed by atoms with E-state index in [1.54, 1.807) is 4.57 Å². The van der Waals surface area contributed by atoms with Gasteiger partial charge in [0.25, 0.3) is 5.56 Å². The molecular weight excluding hydrogens is 462 g/mol. The number of aryl methyl sites for hydroxylation is 2. The molecule has 6 nitrogen and oxygen atoms in total. The maximum absolute atomic E-state index is 14.0. The lowest BCUT2D eigenvalue weighted by Gasteiger charge is -2.39. The molecule has 4 rings (SSSR count). The molecule has 1 fully saturated rings. The van der Waals surface area contributed by atoms with Crippen molar-refractivity contribution in [3.05, 3.63) is 87.1 Å². The van der Waals surface area contributed by atoms with Gasteiger partial charge in [0, 0.05) is 31.2 Å². The number of nitrogens with zero attached hydrogens (tertiary/aromatic N) is 3. The fourth-order valence-corrected chi connectivity index (χ4v) is 5.68. The van der Waals surface area contributed by atoms with Crippen molar-refractivity contribution < 1.29 is 9.84 Å². The zero-order valence-electron chi connectivity index (χ0n) is 22.3. The molecule has 2 aromatic carbocycles. The molecule has 2 heterocycles. The number of aromatic nitrogens is 2. The highest BCUT2D eigenvalue weighted by Gasteiger charge is 2.38. The van der Waals surface area contributed by atoms with Gasteiger partial charge in [-0.2, -0.15) is 5.26 Å². The molecule has 1 aliphatic rings. The fraction of sp³-hybridized carbons (Fsp3) is 0.452. The van der Waals surface area contributed by atoms with E-state index in [9.17, 15) is 15.2 Å². The van der Waals surface area contributed by atoms with Crippen LogP contribution in [0, 0.1) is 11.3 Å². The summed E-state index contributed by atoms with van der Waals surface area (Å²) in [4.78, 5) is 18.9. The van der Waals surface area contributed by atoms with Gasteiger partial charge < -0.3 is 9.84 Å². The van der Waals surface area contributed by atoms with Gasteiger partial charge in [0.1, 0.15) is 5.82 Å². The minimum Gasteiger partial charge on any atom is -0.388 e. The van der Waals surface area contributed by atoms with Crippen LogP contribution in [0.4, 0.5) is 0 Å². The Bertz CT molecular complexity index is 1330. The van der Waals surface area contributed by atoms with Gasteiger partial charge in [-0.25, -0.2) is 4.98 Å². The lowest BCUT2D eigenvalue weighted by molar-refractivity contribution is -0.138. The van der Waals surface area contributed by atoms with Gasteiger partial charge in [-0.1, -0.05) is 62.7 Å². The molecule has 0 bridgehead atoms. The van der Waals surface area contributed by atoms with Crippen LogP contribution in [0.25, 0.3) is 11.1 Å². The van der Waals surface area contributed by atoms with Crippen molar-refractivity contribution in [2.24, 2.45) is 0 Å². The second-order valence-corrected chi connectivity index (χ2v) is 10.4. The van der Waals surface area contributed by atoms with E-state index in [-0.39, 0.29) is 24.3 Å². The van der Waals surface area contributed by atoms with E-state index in [4.69, 9.17) is 9.72 Å². The van der Waals surface area contributed by atoms with E-state index in [0.29, 0.717) is 49.1 Å². The second-order valence-electron chi connectivity index (χ2n) is 10.4. The molecule has 37 heavy (non-hydrogen) atoms. The molecule has 0 unspecified atom stereocenters. The van der Waals surface area contributed by atoms with E-state index in [2.05, 4.69) is 13.0 Å². The summed E-state index contributed by atoms with van der Waals surface area (Å²) in [7, 11) is 0. The largest absolute Gasteiger partial charge is 0.388 e. The van der Waals surface area contributed by atoms with Gasteiger partial charge >= 0.3 is 0 Å². The van der Waals surface area contributed by atoms with Gasteiger partial charge in [-0.3, -0.25) is 9.36 Å². The van der Waals surface area contributed by atoms with Gasteiger partial charge in [-0.05, 0) is 43.0 Å². The van der Waals surface area contributed by atoms with E-state index in [0.717, 1.165) is 28.8 Å². The fourth-order valence-electron chi connectivity index (χ4n) is 5.68. The molecule has 0 saturated carbocycles. The van der Waals surface area contributed by atoms with Crippen LogP contribution in [0.3, 0.4) is 0 Å². The Morgan fingerprint density at radius 1 is 1.14 bits per heavy atom. The molecule has 0 aliphatic carbocycles. The monoisotopic (exact) mass is 499 g/mol. The van der Waals surface area contributed by atoms with Crippen LogP contribution in [0.1, 0.15) is 75.2 Å². The lowest BCUT2D eigenvalue weighted by atomic mass is 9.87. The molecule has 0 spiro atoms. The highest BCUT2D eigenvalue weighted by molar-refractivity contribution is 5.71. The average Bonchev–Trinajstić information content (AvgIpc) is 2.87. The Hall–Kier alpha value is -3.27. The third-order valence-corrected chi connectivity index (χ3v) is 7.15. The smallest absolute Gasteiger partial charge is 0.257 e. The van der Waals surface area contributed by atoms with Crippen LogP contribution in [0.15, 0.2) is 53.3 Å². The summed E-state index contributed by atoms with van der Waals surface area (Å²) in [6.07, 6.45) is 3.38. The van der Waals surface area contributed by atoms with E-state index in [1.807, 2.05) is 69.3 Å². The predicted molar refractivity (Wildman–Crippen MR) is 145 cm³/mol. The molecule has 2 atom stereocenters. The molecule has 6 heteroatoms. The first kappa shape index (κ1) is 26.8. The quantitative estimate of drug-likeness (QED) is 0.460. The zero-order chi connectivity index (χ0) is 26.6. The first-order valence-electron chi connectivity index (χ1n) is 13.3. The Balaban J connectivity index is 1.75. The van der Waals surface area contributed by atoms with Gasteiger partial charge in [0.15, 0.2) is 0 Å². The molecule has 194 valence electrons. The minimum atomic E-state index is -1.03. The van der Waals surface area contributed by atoms with Crippen LogP contribution >= 0.6 is 0 Å². The van der Waals surface area contributed by atoms with Gasteiger partial charge in [0.2, 0.25) is 0 Å². The summed E-state index contributed by atoms with van der Waals surface area (Å²) in [6.45, 7) is 8.21. The van der Waals surface area contributed by atoms with Gasteiger partial charge in [0.05, 0.1) is 41.7 Å². The Kier molecular flexibility index (Phi) is 8.26. The Morgan fingerprint density at radius 3 is 2.46 bits per heavy atom. The third kappa shape index (κ3) is 6.01. The maximum atomic E-state index is 14.0.